The van der Waals surface area contributed by atoms with Gasteiger partial charge in [0.1, 0.15) is 42.3 Å². The van der Waals surface area contributed by atoms with E-state index >= 15 is 0 Å². The Kier molecular flexibility index (Phi) is 23.8. The van der Waals surface area contributed by atoms with E-state index in [1.54, 1.807) is 58.3 Å². The highest BCUT2D eigenvalue weighted by atomic mass is 16.2. The lowest BCUT2D eigenvalue weighted by Gasteiger charge is -2.27. The van der Waals surface area contributed by atoms with Crippen LogP contribution < -0.4 is 70.8 Å². The maximum absolute atomic E-state index is 14.2. The number of hydrogen-bond acceptors (Lipinski definition) is 12. The molecule has 1 aromatic carbocycles. The average Bonchev–Trinajstić information content (AvgIpc) is 3.25. The van der Waals surface area contributed by atoms with Crippen LogP contribution in [0.2, 0.25) is 0 Å². The van der Waals surface area contributed by atoms with Gasteiger partial charge in [0.15, 0.2) is 5.96 Å². The van der Waals surface area contributed by atoms with Crippen LogP contribution in [0.5, 0.6) is 0 Å². The molecule has 24 heteroatoms. The highest BCUT2D eigenvalue weighted by molar-refractivity contribution is 5.99. The van der Waals surface area contributed by atoms with Crippen LogP contribution in [0.15, 0.2) is 41.0 Å². The van der Waals surface area contributed by atoms with Gasteiger partial charge in [-0.05, 0) is 76.1 Å². The summed E-state index contributed by atoms with van der Waals surface area (Å²) in [6, 6.07) is -2.68. The molecule has 0 spiro atoms. The Morgan fingerprint density at radius 2 is 1.40 bits per heavy atom. The van der Waals surface area contributed by atoms with E-state index in [1.807, 2.05) is 0 Å². The van der Waals surface area contributed by atoms with E-state index in [2.05, 4.69) is 52.8 Å². The normalized spacial score (nSPS) is 22.4. The van der Waals surface area contributed by atoms with Crippen LogP contribution in [0.1, 0.15) is 89.7 Å². The van der Waals surface area contributed by atoms with Gasteiger partial charge in [0.2, 0.25) is 59.1 Å². The van der Waals surface area contributed by atoms with Crippen molar-refractivity contribution >= 4 is 65.0 Å². The third-order valence-corrected chi connectivity index (χ3v) is 10.5. The van der Waals surface area contributed by atoms with Gasteiger partial charge in [-0.15, -0.1) is 0 Å². The number of benzene rings is 1. The second-order valence-electron chi connectivity index (χ2n) is 16.2. The minimum atomic E-state index is -1.73. The average molecular weight is 941 g/mol. The van der Waals surface area contributed by atoms with Gasteiger partial charge in [0.05, 0.1) is 6.42 Å². The van der Waals surface area contributed by atoms with E-state index in [0.29, 0.717) is 11.1 Å². The fourth-order valence-electron chi connectivity index (χ4n) is 6.97. The summed E-state index contributed by atoms with van der Waals surface area (Å²) in [7, 11) is 1.64. The molecule has 0 unspecified atom stereocenters. The van der Waals surface area contributed by atoms with Crippen molar-refractivity contribution in [3.05, 3.63) is 47.2 Å². The molecule has 0 aliphatic carbocycles. The molecular weight excluding hydrogens is 873 g/mol. The Bertz CT molecular complexity index is 2010. The quantitative estimate of drug-likeness (QED) is 0.0427. The third-order valence-electron chi connectivity index (χ3n) is 10.5. The molecule has 0 bridgehead atoms. The predicted molar refractivity (Wildman–Crippen MR) is 246 cm³/mol. The summed E-state index contributed by atoms with van der Waals surface area (Å²) in [6.07, 6.45) is 0.323. The molecule has 10 amide bonds. The zero-order chi connectivity index (χ0) is 50.2. The monoisotopic (exact) mass is 941 g/mol. The molecule has 1 aliphatic heterocycles. The maximum Gasteiger partial charge on any atom is 0.243 e. The molecule has 1 saturated heterocycles. The molecule has 7 atom stereocenters. The lowest BCUT2D eigenvalue weighted by Crippen LogP contribution is -2.60. The number of guanidine groups is 1. The van der Waals surface area contributed by atoms with Crippen molar-refractivity contribution in [2.45, 2.75) is 134 Å². The Morgan fingerprint density at radius 1 is 0.806 bits per heavy atom. The standard InChI is InChI=1S/C43H68N14O10/c1-6-27-37(62)55-31(19-23(2)22-48-5)40(65)53-28(36(45)61)13-9-17-49-35(60)16-15-30(54-38(63)29(51-25(4)58)14-10-18-50-43(46)47)39(64)57-33(21-34(44)59)42(67)56-32(41(66)52-27)20-26-12-8-7-11-24(26)3/h7-8,11-12,22,27-33,48H,6,9-10,13-21H2,1-5H3,(H2,44,59)(H2,45,61)(H,49,60)(H,51,58)(H,52,66)(H,53,65)(H,54,63)(H,55,62)(H,56,67)(H,57,64)(H4,46,47,50)/b23-22+/t27-,28-,29-,30-,31-,32+,33-/m0/s1. The molecule has 1 aliphatic rings. The van der Waals surface area contributed by atoms with Crippen molar-refractivity contribution in [3.8, 4) is 0 Å². The molecule has 1 aromatic rings. The number of carbonyl (C=O) groups is 10. The first-order valence-corrected chi connectivity index (χ1v) is 22.0. The summed E-state index contributed by atoms with van der Waals surface area (Å²) in [5.41, 5.74) is 24.0. The number of nitrogens with zero attached hydrogens (tertiary/aromatic N) is 1. The summed E-state index contributed by atoms with van der Waals surface area (Å²) < 4.78 is 0. The second kappa shape index (κ2) is 28.6. The SMILES string of the molecule is CC[C@@H]1NC(=O)[C@@H](Cc2ccccc2C)NC(=O)[C@H](CC(N)=O)NC(=O)[C@@H](NC(=O)[C@H](CCCN=C(N)N)NC(C)=O)CCC(=O)NCCC[C@@H](C(N)=O)NC(=O)[C@H](C/C(C)=C/NC)NC1=O. The van der Waals surface area contributed by atoms with E-state index in [1.165, 1.54) is 6.92 Å². The first-order valence-electron chi connectivity index (χ1n) is 22.0. The summed E-state index contributed by atoms with van der Waals surface area (Å²) >= 11 is 0. The Hall–Kier alpha value is -7.27. The molecule has 0 aromatic heterocycles. The first-order chi connectivity index (χ1) is 31.6. The fourth-order valence-corrected chi connectivity index (χ4v) is 6.97. The molecule has 0 saturated carbocycles. The van der Waals surface area contributed by atoms with Gasteiger partial charge in [-0.3, -0.25) is 52.9 Å². The third kappa shape index (κ3) is 20.6. The van der Waals surface area contributed by atoms with Gasteiger partial charge in [-0.2, -0.15) is 0 Å². The number of aryl methyl sites for hydroxylation is 1. The molecule has 0 radical (unpaired) electrons. The number of primary amides is 2. The van der Waals surface area contributed by atoms with Gasteiger partial charge in [-0.1, -0.05) is 36.8 Å². The Morgan fingerprint density at radius 3 is 2.01 bits per heavy atom. The number of amides is 10. The van der Waals surface area contributed by atoms with Crippen LogP contribution in [0, 0.1) is 6.92 Å². The van der Waals surface area contributed by atoms with Crippen molar-refractivity contribution < 1.29 is 47.9 Å². The van der Waals surface area contributed by atoms with Crippen LogP contribution in [0.4, 0.5) is 0 Å². The van der Waals surface area contributed by atoms with Crippen LogP contribution in [-0.4, -0.2) is 127 Å². The topological polar surface area (TPSA) is 395 Å². The lowest BCUT2D eigenvalue weighted by molar-refractivity contribution is -0.136. The first kappa shape index (κ1) is 55.9. The van der Waals surface area contributed by atoms with Crippen molar-refractivity contribution in [3.63, 3.8) is 0 Å². The summed E-state index contributed by atoms with van der Waals surface area (Å²) in [6.45, 7) is 6.35. The van der Waals surface area contributed by atoms with Gasteiger partial charge >= 0.3 is 0 Å². The second-order valence-corrected chi connectivity index (χ2v) is 16.2. The van der Waals surface area contributed by atoms with Crippen molar-refractivity contribution in [1.29, 1.82) is 0 Å². The van der Waals surface area contributed by atoms with E-state index < -0.39 is 108 Å². The highest BCUT2D eigenvalue weighted by Gasteiger charge is 2.35. The maximum atomic E-state index is 14.2. The lowest BCUT2D eigenvalue weighted by atomic mass is 9.99. The number of carbonyl (C=O) groups excluding carboxylic acids is 10. The molecule has 24 nitrogen and oxygen atoms in total. The number of nitrogens with one attached hydrogen (secondary N) is 9. The molecule has 2 rings (SSSR count). The molecule has 1 heterocycles. The number of aliphatic imine (C=N–C) groups is 1. The van der Waals surface area contributed by atoms with Gasteiger partial charge in [-0.25, -0.2) is 0 Å². The largest absolute Gasteiger partial charge is 0.394 e. The summed E-state index contributed by atoms with van der Waals surface area (Å²) in [5, 5.41) is 23.4. The Balaban J connectivity index is 2.67. The van der Waals surface area contributed by atoms with Crippen molar-refractivity contribution in [2.75, 3.05) is 20.1 Å². The molecule has 67 heavy (non-hydrogen) atoms. The van der Waals surface area contributed by atoms with Gasteiger partial charge in [0, 0.05) is 39.9 Å². The molecule has 17 N–H and O–H groups in total. The number of nitrogens with two attached hydrogens (primary N) is 4. The van der Waals surface area contributed by atoms with E-state index in [9.17, 15) is 47.9 Å². The summed E-state index contributed by atoms with van der Waals surface area (Å²) in [5.74, 6) is -8.55. The number of hydrogen-bond donors (Lipinski definition) is 13. The zero-order valence-electron chi connectivity index (χ0n) is 38.8. The van der Waals surface area contributed by atoms with Gasteiger partial charge in [0.25, 0.3) is 0 Å². The molecule has 370 valence electrons. The minimum absolute atomic E-state index is 0.0158. The van der Waals surface area contributed by atoms with Crippen LogP contribution in [0.3, 0.4) is 0 Å². The predicted octanol–water partition coefficient (Wildman–Crippen LogP) is -4.02. The highest BCUT2D eigenvalue weighted by Crippen LogP contribution is 2.13. The number of rotatable bonds is 16. The smallest absolute Gasteiger partial charge is 0.243 e. The molecular formula is C43H68N14O10. The van der Waals surface area contributed by atoms with E-state index in [0.717, 1.165) is 5.56 Å². The van der Waals surface area contributed by atoms with Crippen LogP contribution >= 0.6 is 0 Å². The van der Waals surface area contributed by atoms with Gasteiger partial charge < -0.3 is 70.8 Å². The van der Waals surface area contributed by atoms with Crippen LogP contribution in [-0.2, 0) is 54.4 Å². The van der Waals surface area contributed by atoms with Crippen molar-refractivity contribution in [1.82, 2.24) is 47.9 Å². The Labute approximate surface area is 389 Å². The summed E-state index contributed by atoms with van der Waals surface area (Å²) in [4.78, 5) is 138. The van der Waals surface area contributed by atoms with E-state index in [-0.39, 0.29) is 76.8 Å². The zero-order valence-corrected chi connectivity index (χ0v) is 38.8. The van der Waals surface area contributed by atoms with E-state index in [4.69, 9.17) is 22.9 Å². The van der Waals surface area contributed by atoms with Crippen LogP contribution in [0.25, 0.3) is 0 Å². The van der Waals surface area contributed by atoms with Crippen molar-refractivity contribution in [2.24, 2.45) is 27.9 Å². The molecule has 1 fully saturated rings. The minimum Gasteiger partial charge on any atom is -0.394 e. The fraction of sp³-hybridized carbons (Fsp3) is 0.558.